The summed E-state index contributed by atoms with van der Waals surface area (Å²) < 4.78 is 51.1. The highest BCUT2D eigenvalue weighted by atomic mass is 32.2. The van der Waals surface area contributed by atoms with Crippen LogP contribution in [-0.2, 0) is 37.9 Å². The van der Waals surface area contributed by atoms with Crippen LogP contribution in [0.15, 0.2) is 55.8 Å². The van der Waals surface area contributed by atoms with Gasteiger partial charge in [-0.15, -0.1) is 0 Å². The second kappa shape index (κ2) is 21.9. The summed E-state index contributed by atoms with van der Waals surface area (Å²) in [4.78, 5) is 26.0. The number of ether oxygens (including phenoxy) is 8. The number of nitrogens with two attached hydrogens (primary N) is 3. The van der Waals surface area contributed by atoms with E-state index < -0.39 is 12.3 Å². The zero-order valence-electron chi connectivity index (χ0n) is 37.5. The first kappa shape index (κ1) is 48.5. The van der Waals surface area contributed by atoms with Crippen LogP contribution >= 0.6 is 23.5 Å². The van der Waals surface area contributed by atoms with Crippen molar-refractivity contribution in [2.75, 3.05) is 91.3 Å². The Bertz CT molecular complexity index is 2350. The van der Waals surface area contributed by atoms with Crippen molar-refractivity contribution in [3.05, 3.63) is 55.8 Å². The van der Waals surface area contributed by atoms with Crippen LogP contribution in [-0.4, -0.2) is 177 Å². The van der Waals surface area contributed by atoms with Gasteiger partial charge < -0.3 is 65.5 Å². The third-order valence-electron chi connectivity index (χ3n) is 11.7. The lowest BCUT2D eigenvalue weighted by atomic mass is 10.1. The highest BCUT2D eigenvalue weighted by Gasteiger charge is 2.48. The van der Waals surface area contributed by atoms with E-state index >= 15 is 0 Å². The summed E-state index contributed by atoms with van der Waals surface area (Å²) >= 11 is 3.43. The minimum absolute atomic E-state index is 0.0477. The molecule has 12 atom stereocenters. The van der Waals surface area contributed by atoms with Crippen LogP contribution in [0.1, 0.15) is 18.7 Å². The van der Waals surface area contributed by atoms with Gasteiger partial charge in [0.1, 0.15) is 47.1 Å². The molecule has 8 N–H and O–H groups in total. The normalized spacial score (nSPS) is 28.8. The average Bonchev–Trinajstić information content (AvgIpc) is 4.17. The molecule has 3 saturated heterocycles. The van der Waals surface area contributed by atoms with Crippen LogP contribution < -0.4 is 22.5 Å². The molecular weight excluding hydrogens is 883 g/mol. The van der Waals surface area contributed by atoms with Gasteiger partial charge >= 0.3 is 0 Å². The largest absolute Gasteiger partial charge is 0.397 e. The first-order valence-corrected chi connectivity index (χ1v) is 23.4. The molecule has 0 bridgehead atoms. The molecule has 0 spiro atoms. The molecule has 65 heavy (non-hydrogen) atoms. The molecule has 24 heteroatoms. The van der Waals surface area contributed by atoms with E-state index in [1.165, 1.54) is 0 Å². The number of hydrogen-bond donors (Lipinski definition) is 5. The molecule has 3 fully saturated rings. The molecule has 0 amide bonds. The fourth-order valence-corrected chi connectivity index (χ4v) is 10.1. The second-order valence-electron chi connectivity index (χ2n) is 15.3. The predicted octanol–water partition coefficient (Wildman–Crippen LogP) is 2.11. The lowest BCUT2D eigenvalue weighted by molar-refractivity contribution is -0.0625. The molecule has 6 aromatic rings. The third kappa shape index (κ3) is 9.57. The molecular formula is C41H59N13O9S2. The number of fused-ring (bicyclic) bond motifs is 3. The first-order chi connectivity index (χ1) is 31.6. The minimum atomic E-state index is -0.740. The van der Waals surface area contributed by atoms with Gasteiger partial charge in [-0.2, -0.15) is 23.5 Å². The molecule has 354 valence electrons. The fourth-order valence-electron chi connectivity index (χ4n) is 8.59. The summed E-state index contributed by atoms with van der Waals surface area (Å²) in [5, 5.41) is 13.7. The molecule has 0 radical (unpaired) electrons. The molecule has 6 unspecified atom stereocenters. The summed E-state index contributed by atoms with van der Waals surface area (Å²) in [6.07, 6.45) is 11.2. The van der Waals surface area contributed by atoms with E-state index in [4.69, 9.17) is 55.1 Å². The monoisotopic (exact) mass is 941 g/mol. The SMILES string of the molecule is CNC1C(O)[C@H](n2cnc3c(N)ccnc32)O[C@@H]1COC.COC1C(OC)[C@@H](CSC)O[C@H]1n1cnc2c(N)ccnc21.COC[C@H]1O[C@@H](n2cnc3c(N)ccnc32)C(OC)C1SC. The topological polar surface area (TPSA) is 276 Å². The number of anilines is 3. The van der Waals surface area contributed by atoms with Crippen LogP contribution in [0.3, 0.4) is 0 Å². The quantitative estimate of drug-likeness (QED) is 0.105. The standard InChI is InChI=1S/2C14H20N4O3S.C13H19N5O3/c1-19-6-9-12(22-3)11(20-2)14(21-9)18-7-17-10-8(15)4-5-16-13(10)18;1-19-11-9(6-22-3)21-14(12(11)20-2)18-7-17-10-8(15)4-5-16-13(10)18;1-15-10-8(5-20-2)21-13(11(10)19)18-6-17-9-7(14)3-4-16-12(9)18/h2*4-5,7,9,11-12,14H,6H2,1-3H3,(H2,15,16);3-4,6,8,10-11,13,15,19H,5H2,1-2H3,(H2,14,16)/t2*9-,11?,12?,14-;8-,10?,11?,13-/m111/s1. The van der Waals surface area contributed by atoms with Gasteiger partial charge in [0, 0.05) is 59.9 Å². The first-order valence-electron chi connectivity index (χ1n) is 20.7. The van der Waals surface area contributed by atoms with Crippen molar-refractivity contribution in [2.24, 2.45) is 0 Å². The summed E-state index contributed by atoms with van der Waals surface area (Å²) in [5.41, 5.74) is 23.4. The maximum absolute atomic E-state index is 10.5. The van der Waals surface area contributed by atoms with E-state index in [1.54, 1.807) is 126 Å². The molecule has 9 rings (SSSR count). The van der Waals surface area contributed by atoms with Gasteiger partial charge in [0.2, 0.25) is 0 Å². The number of aliphatic hydroxyl groups excluding tert-OH is 1. The van der Waals surface area contributed by atoms with E-state index in [2.05, 4.69) is 35.2 Å². The number of aromatic nitrogens is 9. The number of nitrogen functional groups attached to an aromatic ring is 3. The highest BCUT2D eigenvalue weighted by molar-refractivity contribution is 7.99. The Labute approximate surface area is 384 Å². The second-order valence-corrected chi connectivity index (χ2v) is 17.3. The molecule has 22 nitrogen and oxygen atoms in total. The zero-order valence-corrected chi connectivity index (χ0v) is 39.2. The lowest BCUT2D eigenvalue weighted by Crippen LogP contribution is -2.43. The van der Waals surface area contributed by atoms with Crippen molar-refractivity contribution >= 4 is 74.1 Å². The Morgan fingerprint density at radius 2 is 1.05 bits per heavy atom. The van der Waals surface area contributed by atoms with Crippen LogP contribution in [0, 0.1) is 0 Å². The Balaban J connectivity index is 0.000000145. The third-order valence-corrected chi connectivity index (χ3v) is 13.4. The van der Waals surface area contributed by atoms with E-state index in [0.29, 0.717) is 63.8 Å². The van der Waals surface area contributed by atoms with Crippen molar-refractivity contribution < 1.29 is 43.0 Å². The number of thioether (sulfide) groups is 2. The van der Waals surface area contributed by atoms with Crippen molar-refractivity contribution in [2.45, 2.75) is 72.7 Å². The maximum atomic E-state index is 10.5. The molecule has 9 heterocycles. The van der Waals surface area contributed by atoms with Gasteiger partial charge in [0.05, 0.1) is 72.8 Å². The smallest absolute Gasteiger partial charge is 0.166 e. The van der Waals surface area contributed by atoms with Gasteiger partial charge in [0.25, 0.3) is 0 Å². The number of nitrogens with one attached hydrogen (secondary N) is 1. The van der Waals surface area contributed by atoms with Crippen molar-refractivity contribution in [3.8, 4) is 0 Å². The lowest BCUT2D eigenvalue weighted by Gasteiger charge is -2.22. The number of likely N-dealkylation sites (N-methyl/N-ethyl adjacent to an activating group) is 1. The van der Waals surface area contributed by atoms with Gasteiger partial charge in [0.15, 0.2) is 35.6 Å². The average molecular weight is 942 g/mol. The van der Waals surface area contributed by atoms with Crippen LogP contribution in [0.5, 0.6) is 0 Å². The van der Waals surface area contributed by atoms with Gasteiger partial charge in [-0.05, 0) is 37.8 Å². The van der Waals surface area contributed by atoms with Crippen molar-refractivity contribution in [1.29, 1.82) is 0 Å². The number of rotatable bonds is 14. The summed E-state index contributed by atoms with van der Waals surface area (Å²) in [7, 11) is 10.1. The van der Waals surface area contributed by atoms with E-state index in [0.717, 1.165) is 5.75 Å². The number of aliphatic hydroxyl groups is 1. The van der Waals surface area contributed by atoms with Crippen molar-refractivity contribution in [1.82, 2.24) is 48.9 Å². The van der Waals surface area contributed by atoms with Crippen LogP contribution in [0.2, 0.25) is 0 Å². The predicted molar refractivity (Wildman–Crippen MR) is 248 cm³/mol. The molecule has 3 aliphatic rings. The summed E-state index contributed by atoms with van der Waals surface area (Å²) in [6, 6.07) is 4.93. The fraction of sp³-hybridized carbons (Fsp3) is 0.561. The number of hydrogen-bond acceptors (Lipinski definition) is 21. The molecule has 6 aromatic heterocycles. The number of methoxy groups -OCH3 is 5. The van der Waals surface area contributed by atoms with E-state index in [-0.39, 0.29) is 60.4 Å². The molecule has 0 aliphatic carbocycles. The number of nitrogens with zero attached hydrogens (tertiary/aromatic N) is 9. The zero-order chi connectivity index (χ0) is 46.4. The van der Waals surface area contributed by atoms with E-state index in [1.807, 2.05) is 21.6 Å². The highest BCUT2D eigenvalue weighted by Crippen LogP contribution is 2.40. The van der Waals surface area contributed by atoms with Gasteiger partial charge in [-0.3, -0.25) is 13.7 Å². The van der Waals surface area contributed by atoms with Crippen LogP contribution in [0.4, 0.5) is 17.1 Å². The molecule has 0 aromatic carbocycles. The van der Waals surface area contributed by atoms with Gasteiger partial charge in [-0.1, -0.05) is 0 Å². The Kier molecular flexibility index (Phi) is 16.3. The Morgan fingerprint density at radius 1 is 0.615 bits per heavy atom. The maximum Gasteiger partial charge on any atom is 0.166 e. The minimum Gasteiger partial charge on any atom is -0.397 e. The number of imidazole rings is 3. The Morgan fingerprint density at radius 3 is 1.48 bits per heavy atom. The summed E-state index contributed by atoms with van der Waals surface area (Å²) in [5.74, 6) is 0.830. The molecule has 0 saturated carbocycles. The Hall–Kier alpha value is -4.44. The van der Waals surface area contributed by atoms with Crippen molar-refractivity contribution in [3.63, 3.8) is 0 Å². The number of pyridine rings is 3. The van der Waals surface area contributed by atoms with Crippen LogP contribution in [0.25, 0.3) is 33.5 Å². The van der Waals surface area contributed by atoms with E-state index in [9.17, 15) is 5.11 Å². The molecule has 3 aliphatic heterocycles. The summed E-state index contributed by atoms with van der Waals surface area (Å²) in [6.45, 7) is 0.908. The van der Waals surface area contributed by atoms with Gasteiger partial charge in [-0.25, -0.2) is 29.9 Å².